The molecule has 21 nitrogen and oxygen atoms in total. The minimum absolute atomic E-state index is 0. The molecule has 10 rings (SSSR count). The first kappa shape index (κ1) is 148. The number of phenols is 3. The summed E-state index contributed by atoms with van der Waals surface area (Å²) in [7, 11) is -6.86. The van der Waals surface area contributed by atoms with E-state index in [0.29, 0.717) is 51.7 Å². The van der Waals surface area contributed by atoms with Gasteiger partial charge in [0.2, 0.25) is 0 Å². The fourth-order valence-corrected chi connectivity index (χ4v) is 13.8. The van der Waals surface area contributed by atoms with Gasteiger partial charge in [0.1, 0.15) is 57.5 Å². The van der Waals surface area contributed by atoms with Gasteiger partial charge in [0.15, 0.2) is 0 Å². The maximum atomic E-state index is 10.3. The maximum Gasteiger partial charge on any atom is 1.00 e. The van der Waals surface area contributed by atoms with Gasteiger partial charge in [0, 0.05) is 62.5 Å². The average Bonchev–Trinajstić information content (AvgIpc) is 0.769. The number of para-hydroxylation sites is 10. The molecular weight excluding hydrogens is 1600 g/mol. The Morgan fingerprint density at radius 3 is 0.569 bits per heavy atom. The van der Waals surface area contributed by atoms with E-state index in [9.17, 15) is 5.11 Å². The van der Waals surface area contributed by atoms with Crippen molar-refractivity contribution in [2.75, 3.05) is 34.5 Å². The first-order chi connectivity index (χ1) is 48.7. The molecule has 0 heterocycles. The van der Waals surface area contributed by atoms with Gasteiger partial charge in [-0.1, -0.05) is 310 Å². The minimum atomic E-state index is -3.99. The van der Waals surface area contributed by atoms with Crippen LogP contribution in [0.2, 0.25) is 0 Å². The van der Waals surface area contributed by atoms with Gasteiger partial charge < -0.3 is 58.2 Å². The predicted molar refractivity (Wildman–Crippen MR) is 493 cm³/mol. The molecule has 116 heavy (non-hydrogen) atoms. The SMILES string of the molecule is C.C.C.C.C.C.C.C.C.C.C.C.CC#N.CC#N.CC#N.CC#N.CC#N.CN=P(C)(Cl)Cl.CN=P(N=P(N=P(C)(Oc1ccccc1)Oc1ccccc1)(Oc1ccccc1)Oc1ccccc1)(Oc1ccccc1)Oc1ccccc1.CO.Oc1ccccc1.Oc1ccccc1.Oc1ccccc1.[Na+].[Na+].[O-]c1ccccc1.[OH-]. The van der Waals surface area contributed by atoms with Crippen LogP contribution in [0.1, 0.15) is 124 Å². The minimum Gasteiger partial charge on any atom is -0.872 e. The zero-order valence-electron chi connectivity index (χ0n) is 60.0. The zero-order valence-corrected chi connectivity index (χ0v) is 69.1. The molecule has 634 valence electrons. The molecule has 0 fully saturated rings. The molecule has 0 saturated heterocycles. The van der Waals surface area contributed by atoms with Crippen molar-refractivity contribution in [2.24, 2.45) is 18.5 Å². The van der Waals surface area contributed by atoms with Crippen LogP contribution in [0.5, 0.6) is 57.5 Å². The Balaban J connectivity index is -0.0000000814. The van der Waals surface area contributed by atoms with Crippen LogP contribution in [0.15, 0.2) is 322 Å². The van der Waals surface area contributed by atoms with E-state index < -0.39 is 28.6 Å². The molecule has 0 radical (unpaired) electrons. The van der Waals surface area contributed by atoms with Gasteiger partial charge >= 0.3 is 81.9 Å². The van der Waals surface area contributed by atoms with Crippen molar-refractivity contribution in [3.8, 4) is 87.8 Å². The molecule has 0 aliphatic rings. The Labute approximate surface area is 756 Å². The van der Waals surface area contributed by atoms with Crippen molar-refractivity contribution in [1.82, 2.24) is 0 Å². The van der Waals surface area contributed by atoms with Crippen molar-refractivity contribution >= 4 is 51.1 Å². The average molecular weight is 1740 g/mol. The van der Waals surface area contributed by atoms with Crippen LogP contribution in [-0.2, 0) is 0 Å². The fourth-order valence-electron chi connectivity index (χ4n) is 6.22. The van der Waals surface area contributed by atoms with E-state index in [1.807, 2.05) is 182 Å². The molecule has 0 saturated carbocycles. The largest absolute Gasteiger partial charge is 1.00 e. The van der Waals surface area contributed by atoms with Crippen molar-refractivity contribution in [3.63, 3.8) is 0 Å². The van der Waals surface area contributed by atoms with Gasteiger partial charge in [-0.25, -0.2) is 4.74 Å². The van der Waals surface area contributed by atoms with E-state index >= 15 is 0 Å². The van der Waals surface area contributed by atoms with Crippen LogP contribution in [0, 0.1) is 56.7 Å². The Bertz CT molecular complexity index is 3810. The van der Waals surface area contributed by atoms with E-state index in [2.05, 4.69) is 4.74 Å². The van der Waals surface area contributed by atoms with E-state index in [1.54, 1.807) is 167 Å². The summed E-state index contributed by atoms with van der Waals surface area (Å²) in [6, 6.07) is 98.8. The van der Waals surface area contributed by atoms with Gasteiger partial charge in [-0.2, -0.15) is 26.3 Å². The number of nitriles is 5. The molecule has 5 N–H and O–H groups in total. The third-order valence-electron chi connectivity index (χ3n) is 10.0. The molecule has 0 atom stereocenters. The summed E-state index contributed by atoms with van der Waals surface area (Å²) < 4.78 is 59.2. The summed E-state index contributed by atoms with van der Waals surface area (Å²) in [6.07, 6.45) is 0. The van der Waals surface area contributed by atoms with E-state index in [0.717, 1.165) is 7.11 Å². The zero-order chi connectivity index (χ0) is 75.7. The monoisotopic (exact) mass is 1740 g/mol. The molecular formula is C87H133Cl2N9Na2O12P4. The summed E-state index contributed by atoms with van der Waals surface area (Å²) in [6.45, 7) is 10.7. The predicted octanol–water partition coefficient (Wildman–Crippen LogP) is 24.1. The van der Waals surface area contributed by atoms with Crippen LogP contribution >= 0.6 is 51.1 Å². The molecule has 0 amide bonds. The van der Waals surface area contributed by atoms with Gasteiger partial charge in [-0.05, 0) is 116 Å². The molecule has 0 aliphatic heterocycles. The molecule has 0 aliphatic carbocycles. The Hall–Kier alpha value is -8.93. The number of aromatic hydroxyl groups is 3. The summed E-state index contributed by atoms with van der Waals surface area (Å²) in [4.78, 5) is 0. The molecule has 10 aromatic carbocycles. The normalized spacial score (nSPS) is 7.97. The first-order valence-electron chi connectivity index (χ1n) is 29.7. The van der Waals surface area contributed by atoms with Crippen LogP contribution in [-0.4, -0.2) is 60.4 Å². The number of halogens is 2. The molecule has 0 spiro atoms. The Kier molecular flexibility index (Phi) is 124. The van der Waals surface area contributed by atoms with E-state index in [1.165, 1.54) is 46.8 Å². The Morgan fingerprint density at radius 2 is 0.440 bits per heavy atom. The van der Waals surface area contributed by atoms with Crippen molar-refractivity contribution in [2.45, 2.75) is 124 Å². The van der Waals surface area contributed by atoms with Crippen LogP contribution in [0.3, 0.4) is 0 Å². The Morgan fingerprint density at radius 1 is 0.293 bits per heavy atom. The van der Waals surface area contributed by atoms with E-state index in [4.69, 9.17) is 110 Å². The van der Waals surface area contributed by atoms with Gasteiger partial charge in [-0.15, -0.1) is 10.3 Å². The second kappa shape index (κ2) is 96.7. The number of phenolic OH excluding ortho intramolecular Hbond substituents is 3. The van der Waals surface area contributed by atoms with Gasteiger partial charge in [-0.3, -0.25) is 4.74 Å². The molecule has 0 unspecified atom stereocenters. The summed E-state index contributed by atoms with van der Waals surface area (Å²) in [5.74, 6) is 2.17. The quantitative estimate of drug-likeness (QED) is 0.0580. The van der Waals surface area contributed by atoms with Crippen molar-refractivity contribution in [3.05, 3.63) is 303 Å². The van der Waals surface area contributed by atoms with Crippen molar-refractivity contribution in [1.29, 1.82) is 26.3 Å². The second-order valence-electron chi connectivity index (χ2n) is 18.0. The number of rotatable bonds is 14. The topological polar surface area (TPSA) is 358 Å². The number of hydrogen-bond acceptors (Lipinski definition) is 19. The molecule has 10 aromatic rings. The molecule has 29 heteroatoms. The molecule has 0 bridgehead atoms. The van der Waals surface area contributed by atoms with Crippen LogP contribution in [0.4, 0.5) is 0 Å². The third kappa shape index (κ3) is 80.3. The number of aliphatic hydroxyl groups is 1. The summed E-state index contributed by atoms with van der Waals surface area (Å²) >= 11 is 10.9. The number of hydrogen-bond donors (Lipinski definition) is 4. The standard InChI is InChI=1S/C38H36N3O6P3.4C6H6O.C2H6Cl2NP.5C2H3N.CH4O.12CH4.2Na.H2O/c1-39-49(44-35-25-13-5-14-26-35,45-36-27-15-6-16-28-36)41-50(46-37-29-17-7-18-30-37,47-38-31-19-8-20-32-38)40-48(2,42-33-21-9-3-10-22-33)43-34-23-11-4-12-24-34;4*7-6-4-2-1-3-5-6;1-5-6(2,3)4;5*1-2-3;1-2;;;;;;;;;;;;;;;/h3-32H,1-2H3;4*1-5,7H;1-2H3;5*1H3;2H,1H3;12*1H4;;;1H2/q;;;;;;;;;;;;;;;;;;;;;;;;2*+1;/p-2. The number of benzene rings is 10. The van der Waals surface area contributed by atoms with E-state index in [-0.39, 0.29) is 159 Å². The summed E-state index contributed by atoms with van der Waals surface area (Å²) in [5.41, 5.74) is 0. The molecule has 0 aromatic heterocycles. The summed E-state index contributed by atoms with van der Waals surface area (Å²) in [5, 5.41) is 79.8. The number of aliphatic hydroxyl groups excluding tert-OH is 1. The second-order valence-corrected chi connectivity index (χ2v) is 30.8. The first-order valence-corrected chi connectivity index (χ1v) is 38.8. The van der Waals surface area contributed by atoms with Crippen LogP contribution < -0.4 is 91.4 Å². The van der Waals surface area contributed by atoms with Gasteiger partial charge in [0.05, 0.1) is 30.3 Å². The fraction of sp³-hybridized carbons (Fsp3) is 0.253. The maximum absolute atomic E-state index is 10.3. The smallest absolute Gasteiger partial charge is 0.872 e. The third-order valence-corrected chi connectivity index (χ3v) is 19.0. The van der Waals surface area contributed by atoms with Crippen LogP contribution in [0.25, 0.3) is 0 Å². The number of nitrogens with zero attached hydrogens (tertiary/aromatic N) is 9. The van der Waals surface area contributed by atoms with Gasteiger partial charge in [0.25, 0.3) is 0 Å². The van der Waals surface area contributed by atoms with Crippen molar-refractivity contribution < 1.29 is 117 Å².